The maximum Gasteiger partial charge on any atom is 0.243 e. The van der Waals surface area contributed by atoms with Crippen molar-refractivity contribution in [1.29, 1.82) is 0 Å². The van der Waals surface area contributed by atoms with Crippen LogP contribution in [-0.4, -0.2) is 41.5 Å². The van der Waals surface area contributed by atoms with E-state index in [1.54, 1.807) is 0 Å². The topological polar surface area (TPSA) is 122 Å². The summed E-state index contributed by atoms with van der Waals surface area (Å²) < 4.78 is 0. The molecule has 0 aromatic heterocycles. The quantitative estimate of drug-likeness (QED) is 0.506. The lowest BCUT2D eigenvalue weighted by molar-refractivity contribution is -0.148. The normalized spacial score (nSPS) is 31.0. The lowest BCUT2D eigenvalue weighted by Gasteiger charge is -2.55. The third-order valence-corrected chi connectivity index (χ3v) is 7.27. The van der Waals surface area contributed by atoms with Crippen molar-refractivity contribution in [3.8, 4) is 0 Å². The van der Waals surface area contributed by atoms with Gasteiger partial charge in [-0.05, 0) is 61.8 Å². The molecule has 1 aromatic rings. The van der Waals surface area contributed by atoms with Crippen molar-refractivity contribution in [3.05, 3.63) is 35.9 Å². The summed E-state index contributed by atoms with van der Waals surface area (Å²) in [5.74, 6) is 0.509. The molecule has 4 bridgehead atoms. The minimum absolute atomic E-state index is 0.0442. The fraction of sp³-hybridized carbons (Fsp3) is 0.609. The molecule has 162 valence electrons. The van der Waals surface area contributed by atoms with Gasteiger partial charge in [0.25, 0.3) is 0 Å². The number of carbonyl (C=O) groups excluding carboxylic acids is 3. The lowest BCUT2D eigenvalue weighted by Crippen LogP contribution is -2.59. The van der Waals surface area contributed by atoms with Crippen molar-refractivity contribution in [1.82, 2.24) is 10.6 Å². The zero-order valence-electron chi connectivity index (χ0n) is 17.2. The number of benzene rings is 1. The van der Waals surface area contributed by atoms with Crippen LogP contribution < -0.4 is 16.4 Å². The molecular formula is C23H31N3O4. The van der Waals surface area contributed by atoms with E-state index in [1.807, 2.05) is 30.3 Å². The predicted octanol–water partition coefficient (Wildman–Crippen LogP) is 0.893. The van der Waals surface area contributed by atoms with E-state index < -0.39 is 30.5 Å². The van der Waals surface area contributed by atoms with Crippen molar-refractivity contribution in [2.45, 2.75) is 57.0 Å². The largest absolute Gasteiger partial charge is 0.394 e. The van der Waals surface area contributed by atoms with Crippen LogP contribution in [0.3, 0.4) is 0 Å². The van der Waals surface area contributed by atoms with E-state index in [2.05, 4.69) is 10.6 Å². The van der Waals surface area contributed by atoms with Gasteiger partial charge in [0, 0.05) is 11.8 Å². The van der Waals surface area contributed by atoms with Gasteiger partial charge in [0.15, 0.2) is 0 Å². The number of amides is 3. The van der Waals surface area contributed by atoms with Crippen molar-refractivity contribution in [2.75, 3.05) is 6.61 Å². The van der Waals surface area contributed by atoms with Gasteiger partial charge in [-0.2, -0.15) is 0 Å². The highest BCUT2D eigenvalue weighted by Crippen LogP contribution is 2.60. The van der Waals surface area contributed by atoms with Crippen molar-refractivity contribution < 1.29 is 19.5 Å². The van der Waals surface area contributed by atoms with E-state index in [-0.39, 0.29) is 11.3 Å². The highest BCUT2D eigenvalue weighted by atomic mass is 16.3. The first kappa shape index (κ1) is 20.8. The maximum absolute atomic E-state index is 13.5. The summed E-state index contributed by atoms with van der Waals surface area (Å²) in [6.07, 6.45) is 6.73. The van der Waals surface area contributed by atoms with E-state index in [0.717, 1.165) is 24.8 Å². The van der Waals surface area contributed by atoms with Crippen LogP contribution in [0.4, 0.5) is 0 Å². The van der Waals surface area contributed by atoms with E-state index in [1.165, 1.54) is 19.3 Å². The van der Waals surface area contributed by atoms with Gasteiger partial charge in [0.2, 0.25) is 17.7 Å². The molecule has 4 aliphatic carbocycles. The minimum atomic E-state index is -1.17. The smallest absolute Gasteiger partial charge is 0.243 e. The van der Waals surface area contributed by atoms with Gasteiger partial charge in [-0.1, -0.05) is 30.3 Å². The van der Waals surface area contributed by atoms with Gasteiger partial charge in [-0.3, -0.25) is 14.4 Å². The van der Waals surface area contributed by atoms with Gasteiger partial charge in [-0.25, -0.2) is 0 Å². The Morgan fingerprint density at radius 3 is 2.03 bits per heavy atom. The van der Waals surface area contributed by atoms with E-state index in [9.17, 15) is 19.5 Å². The first-order valence-electron chi connectivity index (χ1n) is 10.9. The molecule has 30 heavy (non-hydrogen) atoms. The molecule has 3 amide bonds. The third kappa shape index (κ3) is 4.21. The highest BCUT2D eigenvalue weighted by molar-refractivity contribution is 5.93. The summed E-state index contributed by atoms with van der Waals surface area (Å²) >= 11 is 0. The molecule has 0 aliphatic heterocycles. The molecule has 5 N–H and O–H groups in total. The summed E-state index contributed by atoms with van der Waals surface area (Å²) in [6.45, 7) is -0.581. The number of nitrogens with two attached hydrogens (primary N) is 1. The van der Waals surface area contributed by atoms with E-state index in [4.69, 9.17) is 5.73 Å². The molecule has 0 radical (unpaired) electrons. The van der Waals surface area contributed by atoms with Crippen LogP contribution in [-0.2, 0) is 20.8 Å². The molecule has 1 unspecified atom stereocenters. The van der Waals surface area contributed by atoms with Crippen LogP contribution in [0.1, 0.15) is 44.1 Å². The first-order valence-corrected chi connectivity index (χ1v) is 10.9. The second-order valence-corrected chi connectivity index (χ2v) is 9.56. The summed E-state index contributed by atoms with van der Waals surface area (Å²) in [4.78, 5) is 37.9. The molecule has 0 heterocycles. The Morgan fingerprint density at radius 2 is 1.53 bits per heavy atom. The van der Waals surface area contributed by atoms with Crippen LogP contribution >= 0.6 is 0 Å². The summed E-state index contributed by atoms with van der Waals surface area (Å²) in [5, 5.41) is 14.8. The second-order valence-electron chi connectivity index (χ2n) is 9.56. The Kier molecular flexibility index (Phi) is 5.82. The number of carbonyl (C=O) groups is 3. The number of aliphatic hydroxyl groups excluding tert-OH is 1. The average Bonchev–Trinajstić information content (AvgIpc) is 2.70. The maximum atomic E-state index is 13.5. The number of hydrogen-bond acceptors (Lipinski definition) is 4. The standard InChI is InChI=1S/C23H31N3O4/c24-20(28)19(13-27)25-21(29)18(9-14-4-2-1-3-5-14)26-22(30)23-10-15-6-16(11-23)8-17(7-15)12-23/h1-5,15-19,27H,6-13H2,(H2,24,28)(H,25,29)(H,26,30)/t15?,16?,17?,18?,19-,23?/m0/s1. The van der Waals surface area contributed by atoms with Crippen LogP contribution in [0, 0.1) is 23.2 Å². The van der Waals surface area contributed by atoms with Gasteiger partial charge in [0.05, 0.1) is 6.61 Å². The number of primary amides is 1. The fourth-order valence-corrected chi connectivity index (χ4v) is 6.24. The van der Waals surface area contributed by atoms with Crippen LogP contribution in [0.5, 0.6) is 0 Å². The molecule has 5 rings (SSSR count). The second kappa shape index (κ2) is 8.38. The van der Waals surface area contributed by atoms with Gasteiger partial charge in [-0.15, -0.1) is 0 Å². The summed E-state index contributed by atoms with van der Waals surface area (Å²) in [5.41, 5.74) is 5.79. The third-order valence-electron chi connectivity index (χ3n) is 7.27. The number of aliphatic hydroxyl groups is 1. The molecular weight excluding hydrogens is 382 g/mol. The SMILES string of the molecule is NC(=O)[C@H](CO)NC(=O)C(Cc1ccccc1)NC(=O)C12CC3CC(CC(C3)C1)C2. The van der Waals surface area contributed by atoms with Crippen LogP contribution in [0.2, 0.25) is 0 Å². The summed E-state index contributed by atoms with van der Waals surface area (Å²) in [7, 11) is 0. The Morgan fingerprint density at radius 1 is 0.967 bits per heavy atom. The van der Waals surface area contributed by atoms with Crippen LogP contribution in [0.25, 0.3) is 0 Å². The molecule has 0 saturated heterocycles. The van der Waals surface area contributed by atoms with Crippen molar-refractivity contribution in [3.63, 3.8) is 0 Å². The number of nitrogens with one attached hydrogen (secondary N) is 2. The Labute approximate surface area is 176 Å². The van der Waals surface area contributed by atoms with Crippen molar-refractivity contribution >= 4 is 17.7 Å². The Balaban J connectivity index is 1.51. The lowest BCUT2D eigenvalue weighted by atomic mass is 9.49. The van der Waals surface area contributed by atoms with Gasteiger partial charge >= 0.3 is 0 Å². The monoisotopic (exact) mass is 413 g/mol. The molecule has 0 spiro atoms. The minimum Gasteiger partial charge on any atom is -0.394 e. The number of rotatable bonds is 8. The molecule has 7 heteroatoms. The Hall–Kier alpha value is -2.41. The zero-order valence-corrected chi connectivity index (χ0v) is 17.2. The fourth-order valence-electron chi connectivity index (χ4n) is 6.24. The van der Waals surface area contributed by atoms with Gasteiger partial charge in [0.1, 0.15) is 12.1 Å². The molecule has 4 aliphatic rings. The molecule has 4 saturated carbocycles. The molecule has 4 fully saturated rings. The number of hydrogen-bond donors (Lipinski definition) is 4. The van der Waals surface area contributed by atoms with E-state index >= 15 is 0 Å². The zero-order chi connectivity index (χ0) is 21.3. The average molecular weight is 414 g/mol. The van der Waals surface area contributed by atoms with Crippen LogP contribution in [0.15, 0.2) is 30.3 Å². The predicted molar refractivity (Wildman–Crippen MR) is 111 cm³/mol. The highest BCUT2D eigenvalue weighted by Gasteiger charge is 2.55. The van der Waals surface area contributed by atoms with Gasteiger partial charge < -0.3 is 21.5 Å². The summed E-state index contributed by atoms with van der Waals surface area (Å²) in [6, 6.07) is 7.44. The molecule has 1 aromatic carbocycles. The Bertz CT molecular complexity index is 775. The van der Waals surface area contributed by atoms with E-state index in [0.29, 0.717) is 24.2 Å². The molecule has 2 atom stereocenters. The van der Waals surface area contributed by atoms with Crippen molar-refractivity contribution in [2.24, 2.45) is 28.9 Å². The molecule has 7 nitrogen and oxygen atoms in total. The first-order chi connectivity index (χ1) is 14.4.